The maximum atomic E-state index is 13.9. The first kappa shape index (κ1) is 24.0. The summed E-state index contributed by atoms with van der Waals surface area (Å²) in [6.07, 6.45) is -3.74. The molecule has 0 unspecified atom stereocenters. The molecule has 5 aromatic rings. The van der Waals surface area contributed by atoms with Crippen molar-refractivity contribution in [2.75, 3.05) is 5.32 Å². The molecule has 1 amide bonds. The van der Waals surface area contributed by atoms with Crippen LogP contribution in [0.2, 0.25) is 0 Å². The molecule has 0 saturated carbocycles. The maximum Gasteiger partial charge on any atom is 0.433 e. The molecule has 0 aliphatic carbocycles. The van der Waals surface area contributed by atoms with Crippen LogP contribution in [0.3, 0.4) is 0 Å². The molecule has 8 nitrogen and oxygen atoms in total. The van der Waals surface area contributed by atoms with Gasteiger partial charge in [-0.3, -0.25) is 14.3 Å². The van der Waals surface area contributed by atoms with E-state index >= 15 is 0 Å². The van der Waals surface area contributed by atoms with Crippen molar-refractivity contribution in [1.29, 1.82) is 0 Å². The summed E-state index contributed by atoms with van der Waals surface area (Å²) in [7, 11) is 1.67. The third kappa shape index (κ3) is 4.18. The lowest BCUT2D eigenvalue weighted by atomic mass is 10.1. The topological polar surface area (TPSA) is 86.2 Å². The van der Waals surface area contributed by atoms with Crippen LogP contribution in [-0.4, -0.2) is 29.9 Å². The zero-order valence-corrected chi connectivity index (χ0v) is 20.0. The summed E-state index contributed by atoms with van der Waals surface area (Å²) >= 11 is 0. The van der Waals surface area contributed by atoms with Gasteiger partial charge in [0, 0.05) is 12.6 Å². The Morgan fingerprint density at radius 3 is 2.32 bits per heavy atom. The molecule has 2 aromatic carbocycles. The van der Waals surface area contributed by atoms with Gasteiger partial charge in [0.05, 0.1) is 23.3 Å². The third-order valence-electron chi connectivity index (χ3n) is 6.15. The number of nitrogens with zero attached hydrogens (tertiary/aromatic N) is 5. The van der Waals surface area contributed by atoms with Crippen LogP contribution in [0.4, 0.5) is 18.9 Å². The number of rotatable bonds is 4. The molecule has 11 heteroatoms. The molecule has 0 fully saturated rings. The van der Waals surface area contributed by atoms with Crippen molar-refractivity contribution in [2.45, 2.75) is 20.0 Å². The average Bonchev–Trinajstić information content (AvgIpc) is 3.38. The molecule has 188 valence electrons. The molecular weight excluding hydrogens is 485 g/mol. The largest absolute Gasteiger partial charge is 0.433 e. The number of amides is 1. The number of carbonyl (C=O) groups excluding carboxylic acids is 1. The molecule has 5 rings (SSSR count). The van der Waals surface area contributed by atoms with Gasteiger partial charge >= 0.3 is 6.18 Å². The summed E-state index contributed by atoms with van der Waals surface area (Å²) in [5.74, 6) is -0.803. The highest BCUT2D eigenvalue weighted by Crippen LogP contribution is 2.33. The number of benzene rings is 2. The van der Waals surface area contributed by atoms with E-state index in [1.165, 1.54) is 4.68 Å². The number of halogens is 3. The van der Waals surface area contributed by atoms with Crippen molar-refractivity contribution in [3.05, 3.63) is 99.7 Å². The van der Waals surface area contributed by atoms with Gasteiger partial charge in [0.15, 0.2) is 11.3 Å². The third-order valence-corrected chi connectivity index (χ3v) is 6.15. The van der Waals surface area contributed by atoms with Crippen LogP contribution in [0.25, 0.3) is 22.6 Å². The summed E-state index contributed by atoms with van der Waals surface area (Å²) in [6.45, 7) is 3.51. The molecule has 0 radical (unpaired) electrons. The summed E-state index contributed by atoms with van der Waals surface area (Å²) in [5.41, 5.74) is 0.443. The zero-order valence-electron chi connectivity index (χ0n) is 20.0. The van der Waals surface area contributed by atoms with Crippen LogP contribution >= 0.6 is 0 Å². The number of anilines is 1. The van der Waals surface area contributed by atoms with E-state index in [2.05, 4.69) is 15.4 Å². The van der Waals surface area contributed by atoms with E-state index in [9.17, 15) is 22.8 Å². The van der Waals surface area contributed by atoms with Gasteiger partial charge < -0.3 is 5.32 Å². The zero-order chi connectivity index (χ0) is 26.5. The molecule has 0 saturated heterocycles. The SMILES string of the molecule is Cc1ccc(-c2cc(C(F)(F)F)n3ncc(C(=O)Nc4c(C)n(C)n(-c5ccccc5)c4=O)c3n2)cc1. The standard InChI is InChI=1S/C26H21F3N6O2/c1-15-9-11-17(12-10-15)20-13-21(26(27,28)29)34-23(31-20)19(14-30-34)24(36)32-22-16(2)33(3)35(25(22)37)18-7-5-4-6-8-18/h4-14H,1-3H3,(H,32,36). The summed E-state index contributed by atoms with van der Waals surface area (Å²) in [4.78, 5) is 30.8. The van der Waals surface area contributed by atoms with Crippen molar-refractivity contribution >= 4 is 17.2 Å². The second-order valence-corrected chi connectivity index (χ2v) is 8.57. The van der Waals surface area contributed by atoms with E-state index in [4.69, 9.17) is 0 Å². The number of aromatic nitrogens is 5. The van der Waals surface area contributed by atoms with E-state index < -0.39 is 23.3 Å². The first-order valence-corrected chi connectivity index (χ1v) is 11.2. The summed E-state index contributed by atoms with van der Waals surface area (Å²) < 4.78 is 45.3. The quantitative estimate of drug-likeness (QED) is 0.380. The number of hydrogen-bond donors (Lipinski definition) is 1. The Labute approximate surface area is 208 Å². The maximum absolute atomic E-state index is 13.9. The summed E-state index contributed by atoms with van der Waals surface area (Å²) in [6, 6.07) is 16.6. The first-order chi connectivity index (χ1) is 17.6. The second-order valence-electron chi connectivity index (χ2n) is 8.57. The predicted octanol–water partition coefficient (Wildman–Crippen LogP) is 4.77. The van der Waals surface area contributed by atoms with Crippen LogP contribution in [0.5, 0.6) is 0 Å². The molecule has 0 bridgehead atoms. The number of para-hydroxylation sites is 1. The fraction of sp³-hybridized carbons (Fsp3) is 0.154. The van der Waals surface area contributed by atoms with Crippen molar-refractivity contribution in [3.8, 4) is 16.9 Å². The second kappa shape index (κ2) is 8.77. The number of carbonyl (C=O) groups is 1. The number of fused-ring (bicyclic) bond motifs is 1. The van der Waals surface area contributed by atoms with Gasteiger partial charge in [-0.15, -0.1) is 0 Å². The molecule has 3 heterocycles. The molecule has 0 aliphatic rings. The Balaban J connectivity index is 1.61. The van der Waals surface area contributed by atoms with E-state index in [-0.39, 0.29) is 22.6 Å². The minimum absolute atomic E-state index is 0.00133. The van der Waals surface area contributed by atoms with Gasteiger partial charge in [-0.2, -0.15) is 18.3 Å². The minimum atomic E-state index is -4.75. The van der Waals surface area contributed by atoms with E-state index in [0.717, 1.165) is 17.8 Å². The lowest BCUT2D eigenvalue weighted by Crippen LogP contribution is -2.23. The Hall–Kier alpha value is -4.67. The lowest BCUT2D eigenvalue weighted by molar-refractivity contribution is -0.142. The molecule has 0 spiro atoms. The molecule has 0 aliphatic heterocycles. The predicted molar refractivity (Wildman–Crippen MR) is 132 cm³/mol. The van der Waals surface area contributed by atoms with Crippen LogP contribution < -0.4 is 10.9 Å². The van der Waals surface area contributed by atoms with Gasteiger partial charge in [0.1, 0.15) is 11.3 Å². The number of nitrogens with one attached hydrogen (secondary N) is 1. The minimum Gasteiger partial charge on any atom is -0.316 e. The lowest BCUT2D eigenvalue weighted by Gasteiger charge is -2.12. The number of aryl methyl sites for hydroxylation is 1. The Morgan fingerprint density at radius 2 is 1.68 bits per heavy atom. The highest BCUT2D eigenvalue weighted by Gasteiger charge is 2.36. The van der Waals surface area contributed by atoms with Gasteiger partial charge in [0.2, 0.25) is 0 Å². The van der Waals surface area contributed by atoms with Gasteiger partial charge in [0.25, 0.3) is 11.5 Å². The smallest absolute Gasteiger partial charge is 0.316 e. The van der Waals surface area contributed by atoms with Crippen LogP contribution in [0, 0.1) is 13.8 Å². The van der Waals surface area contributed by atoms with Gasteiger partial charge in [-0.1, -0.05) is 48.0 Å². The van der Waals surface area contributed by atoms with Gasteiger partial charge in [-0.25, -0.2) is 14.2 Å². The number of alkyl halides is 3. The summed E-state index contributed by atoms with van der Waals surface area (Å²) in [5, 5.41) is 6.36. The number of hydrogen-bond acceptors (Lipinski definition) is 4. The van der Waals surface area contributed by atoms with Crippen molar-refractivity contribution < 1.29 is 18.0 Å². The van der Waals surface area contributed by atoms with Gasteiger partial charge in [-0.05, 0) is 32.0 Å². The highest BCUT2D eigenvalue weighted by atomic mass is 19.4. The van der Waals surface area contributed by atoms with E-state index in [0.29, 0.717) is 21.5 Å². The first-order valence-electron chi connectivity index (χ1n) is 11.2. The van der Waals surface area contributed by atoms with Crippen LogP contribution in [0.15, 0.2) is 71.7 Å². The molecule has 3 aromatic heterocycles. The Bertz CT molecular complexity index is 1700. The Morgan fingerprint density at radius 1 is 1.00 bits per heavy atom. The average molecular weight is 506 g/mol. The van der Waals surface area contributed by atoms with Crippen LogP contribution in [0.1, 0.15) is 27.3 Å². The van der Waals surface area contributed by atoms with Crippen molar-refractivity contribution in [2.24, 2.45) is 7.05 Å². The molecular formula is C26H21F3N6O2. The highest BCUT2D eigenvalue weighted by molar-refractivity contribution is 6.08. The van der Waals surface area contributed by atoms with Crippen LogP contribution in [-0.2, 0) is 13.2 Å². The normalized spacial score (nSPS) is 11.7. The molecule has 1 N–H and O–H groups in total. The molecule has 0 atom stereocenters. The Kier molecular flexibility index (Phi) is 5.70. The molecule has 37 heavy (non-hydrogen) atoms. The van der Waals surface area contributed by atoms with E-state index in [1.807, 2.05) is 13.0 Å². The van der Waals surface area contributed by atoms with Crippen molar-refractivity contribution in [1.82, 2.24) is 24.0 Å². The fourth-order valence-corrected chi connectivity index (χ4v) is 4.09. The van der Waals surface area contributed by atoms with Crippen molar-refractivity contribution in [3.63, 3.8) is 0 Å². The fourth-order valence-electron chi connectivity index (χ4n) is 4.09. The van der Waals surface area contributed by atoms with E-state index in [1.54, 1.807) is 67.2 Å². The monoisotopic (exact) mass is 506 g/mol.